The van der Waals surface area contributed by atoms with Gasteiger partial charge >= 0.3 is 5.76 Å². The van der Waals surface area contributed by atoms with Crippen molar-refractivity contribution < 1.29 is 22.4 Å². The second-order valence-electron chi connectivity index (χ2n) is 5.32. The first-order chi connectivity index (χ1) is 11.8. The normalized spacial score (nSPS) is 11.4. The molecule has 2 N–H and O–H groups in total. The minimum atomic E-state index is -3.56. The summed E-state index contributed by atoms with van der Waals surface area (Å²) in [5.41, 5.74) is 1.38. The van der Waals surface area contributed by atoms with E-state index in [4.69, 9.17) is 9.15 Å². The van der Waals surface area contributed by atoms with Crippen LogP contribution in [0.25, 0.3) is 11.1 Å². The second kappa shape index (κ2) is 6.10. The molecule has 1 amide bonds. The van der Waals surface area contributed by atoms with Crippen molar-refractivity contribution in [1.29, 1.82) is 0 Å². The lowest BCUT2D eigenvalue weighted by Gasteiger charge is -2.10. The largest absolute Gasteiger partial charge is 0.495 e. The molecular formula is C16H14N2O6S. The van der Waals surface area contributed by atoms with E-state index in [1.807, 2.05) is 0 Å². The van der Waals surface area contributed by atoms with Crippen LogP contribution in [0.5, 0.6) is 5.75 Å². The maximum atomic E-state index is 12.4. The average molecular weight is 362 g/mol. The van der Waals surface area contributed by atoms with Gasteiger partial charge in [0, 0.05) is 17.5 Å². The van der Waals surface area contributed by atoms with E-state index in [9.17, 15) is 18.0 Å². The van der Waals surface area contributed by atoms with Gasteiger partial charge in [0.05, 0.1) is 12.6 Å². The summed E-state index contributed by atoms with van der Waals surface area (Å²) in [6, 6.07) is 8.78. The standard InChI is InChI=1S/C16H14N2O6S/c1-23-13-5-3-9(7-14(13)25(2,21)22)15(19)17-10-4-6-12-11(8-10)18-16(20)24-12/h3-8H,1-2H3,(H,17,19)(H,18,20). The maximum Gasteiger partial charge on any atom is 0.417 e. The highest BCUT2D eigenvalue weighted by Crippen LogP contribution is 2.25. The van der Waals surface area contributed by atoms with Crippen LogP contribution in [-0.4, -0.2) is 32.7 Å². The first-order valence-electron chi connectivity index (χ1n) is 7.10. The van der Waals surface area contributed by atoms with Crippen LogP contribution in [0.1, 0.15) is 10.4 Å². The molecule has 0 saturated heterocycles. The van der Waals surface area contributed by atoms with Gasteiger partial charge in [-0.1, -0.05) is 0 Å². The SMILES string of the molecule is COc1ccc(C(=O)Nc2ccc3oc(=O)[nH]c3c2)cc1S(C)(=O)=O. The number of carbonyl (C=O) groups excluding carboxylic acids is 1. The number of H-pyrrole nitrogens is 1. The number of rotatable bonds is 4. The number of aromatic amines is 1. The van der Waals surface area contributed by atoms with Crippen LogP contribution in [0, 0.1) is 0 Å². The number of fused-ring (bicyclic) bond motifs is 1. The Bertz CT molecular complexity index is 1130. The van der Waals surface area contributed by atoms with E-state index in [1.54, 1.807) is 18.2 Å². The van der Waals surface area contributed by atoms with Crippen LogP contribution in [0.15, 0.2) is 50.5 Å². The summed E-state index contributed by atoms with van der Waals surface area (Å²) in [6.07, 6.45) is 1.04. The molecule has 0 aliphatic heterocycles. The van der Waals surface area contributed by atoms with E-state index < -0.39 is 21.5 Å². The number of oxazole rings is 1. The number of hydrogen-bond donors (Lipinski definition) is 2. The van der Waals surface area contributed by atoms with Gasteiger partial charge in [0.1, 0.15) is 10.6 Å². The summed E-state index contributed by atoms with van der Waals surface area (Å²) in [7, 11) is -2.21. The summed E-state index contributed by atoms with van der Waals surface area (Å²) in [5, 5.41) is 2.64. The number of carbonyl (C=O) groups is 1. The topological polar surface area (TPSA) is 118 Å². The van der Waals surface area contributed by atoms with Gasteiger partial charge in [0.2, 0.25) is 0 Å². The molecule has 0 unspecified atom stereocenters. The zero-order valence-electron chi connectivity index (χ0n) is 13.3. The molecule has 1 heterocycles. The average Bonchev–Trinajstić information content (AvgIpc) is 2.92. The van der Waals surface area contributed by atoms with Crippen LogP contribution in [0.3, 0.4) is 0 Å². The number of ether oxygens (including phenoxy) is 1. The Labute approximate surface area is 142 Å². The monoisotopic (exact) mass is 362 g/mol. The molecule has 3 rings (SSSR count). The van der Waals surface area contributed by atoms with Crippen LogP contribution in [0.2, 0.25) is 0 Å². The Balaban J connectivity index is 1.93. The van der Waals surface area contributed by atoms with Crippen LogP contribution in [-0.2, 0) is 9.84 Å². The number of aromatic nitrogens is 1. The summed E-state index contributed by atoms with van der Waals surface area (Å²) in [6.45, 7) is 0. The minimum Gasteiger partial charge on any atom is -0.495 e. The fraction of sp³-hybridized carbons (Fsp3) is 0.125. The van der Waals surface area contributed by atoms with E-state index in [1.165, 1.54) is 25.3 Å². The van der Waals surface area contributed by atoms with Crippen molar-refractivity contribution in [3.8, 4) is 5.75 Å². The summed E-state index contributed by atoms with van der Waals surface area (Å²) in [5.74, 6) is -0.930. The van der Waals surface area contributed by atoms with Crippen molar-refractivity contribution in [3.63, 3.8) is 0 Å². The van der Waals surface area contributed by atoms with Gasteiger partial charge in [0.15, 0.2) is 15.4 Å². The molecule has 2 aromatic carbocycles. The second-order valence-corrected chi connectivity index (χ2v) is 7.30. The van der Waals surface area contributed by atoms with Crippen molar-refractivity contribution in [2.45, 2.75) is 4.90 Å². The molecule has 0 bridgehead atoms. The number of nitrogens with one attached hydrogen (secondary N) is 2. The lowest BCUT2D eigenvalue weighted by molar-refractivity contribution is 0.102. The summed E-state index contributed by atoms with van der Waals surface area (Å²) >= 11 is 0. The molecule has 0 spiro atoms. The Morgan fingerprint density at radius 3 is 2.64 bits per heavy atom. The van der Waals surface area contributed by atoms with Crippen molar-refractivity contribution in [2.24, 2.45) is 0 Å². The van der Waals surface area contributed by atoms with Gasteiger partial charge in [-0.15, -0.1) is 0 Å². The molecule has 0 radical (unpaired) electrons. The number of sulfone groups is 1. The van der Waals surface area contributed by atoms with Gasteiger partial charge in [-0.2, -0.15) is 0 Å². The molecule has 25 heavy (non-hydrogen) atoms. The molecule has 3 aromatic rings. The van der Waals surface area contributed by atoms with E-state index >= 15 is 0 Å². The van der Waals surface area contributed by atoms with Crippen molar-refractivity contribution in [3.05, 3.63) is 52.5 Å². The fourth-order valence-corrected chi connectivity index (χ4v) is 3.20. The highest BCUT2D eigenvalue weighted by Gasteiger charge is 2.17. The molecule has 0 aliphatic carbocycles. The lowest BCUT2D eigenvalue weighted by Crippen LogP contribution is -2.13. The predicted octanol–water partition coefficient (Wildman–Crippen LogP) is 1.79. The molecule has 0 atom stereocenters. The predicted molar refractivity (Wildman–Crippen MR) is 90.9 cm³/mol. The van der Waals surface area contributed by atoms with E-state index in [-0.39, 0.29) is 16.2 Å². The highest BCUT2D eigenvalue weighted by atomic mass is 32.2. The molecule has 9 heteroatoms. The molecule has 0 aliphatic rings. The Morgan fingerprint density at radius 2 is 1.96 bits per heavy atom. The summed E-state index contributed by atoms with van der Waals surface area (Å²) < 4.78 is 33.6. The highest BCUT2D eigenvalue weighted by molar-refractivity contribution is 7.90. The Kier molecular flexibility index (Phi) is 4.09. The molecule has 8 nitrogen and oxygen atoms in total. The van der Waals surface area contributed by atoms with E-state index in [0.717, 1.165) is 6.26 Å². The number of amides is 1. The van der Waals surface area contributed by atoms with Gasteiger partial charge in [-0.25, -0.2) is 13.2 Å². The number of hydrogen-bond acceptors (Lipinski definition) is 6. The molecule has 130 valence electrons. The van der Waals surface area contributed by atoms with Gasteiger partial charge in [-0.3, -0.25) is 9.78 Å². The smallest absolute Gasteiger partial charge is 0.417 e. The van der Waals surface area contributed by atoms with Crippen LogP contribution < -0.4 is 15.8 Å². The van der Waals surface area contributed by atoms with Gasteiger partial charge in [0.25, 0.3) is 5.91 Å². The van der Waals surface area contributed by atoms with Crippen LogP contribution in [0.4, 0.5) is 5.69 Å². The number of methoxy groups -OCH3 is 1. The fourth-order valence-electron chi connectivity index (χ4n) is 2.34. The quantitative estimate of drug-likeness (QED) is 0.730. The van der Waals surface area contributed by atoms with Crippen molar-refractivity contribution in [2.75, 3.05) is 18.7 Å². The summed E-state index contributed by atoms with van der Waals surface area (Å²) in [4.78, 5) is 26.0. The van der Waals surface area contributed by atoms with E-state index in [0.29, 0.717) is 16.8 Å². The van der Waals surface area contributed by atoms with Crippen molar-refractivity contribution >= 4 is 32.5 Å². The molecule has 1 aromatic heterocycles. The van der Waals surface area contributed by atoms with E-state index in [2.05, 4.69) is 10.3 Å². The zero-order valence-corrected chi connectivity index (χ0v) is 14.1. The third-order valence-electron chi connectivity index (χ3n) is 3.50. The first kappa shape index (κ1) is 16.8. The number of anilines is 1. The third-order valence-corrected chi connectivity index (χ3v) is 4.62. The Morgan fingerprint density at radius 1 is 1.20 bits per heavy atom. The lowest BCUT2D eigenvalue weighted by atomic mass is 10.2. The zero-order chi connectivity index (χ0) is 18.2. The third kappa shape index (κ3) is 3.41. The first-order valence-corrected chi connectivity index (χ1v) is 8.99. The van der Waals surface area contributed by atoms with Crippen molar-refractivity contribution in [1.82, 2.24) is 4.98 Å². The Hall–Kier alpha value is -3.07. The van der Waals surface area contributed by atoms with Crippen LogP contribution >= 0.6 is 0 Å². The maximum absolute atomic E-state index is 12.4. The van der Waals surface area contributed by atoms with Gasteiger partial charge < -0.3 is 14.5 Å². The molecule has 0 saturated carbocycles. The van der Waals surface area contributed by atoms with Gasteiger partial charge in [-0.05, 0) is 36.4 Å². The number of benzene rings is 2. The molecular weight excluding hydrogens is 348 g/mol. The molecule has 0 fully saturated rings. The minimum absolute atomic E-state index is 0.0720.